The van der Waals surface area contributed by atoms with Gasteiger partial charge in [0, 0.05) is 25.3 Å². The van der Waals surface area contributed by atoms with Crippen molar-refractivity contribution in [3.63, 3.8) is 0 Å². The second-order valence-electron chi connectivity index (χ2n) is 5.78. The average molecular weight is 330 g/mol. The van der Waals surface area contributed by atoms with Crippen molar-refractivity contribution < 1.29 is 18.4 Å². The average Bonchev–Trinajstić information content (AvgIpc) is 2.54. The summed E-state index contributed by atoms with van der Waals surface area (Å²) in [6.45, 7) is 1.37. The summed E-state index contributed by atoms with van der Waals surface area (Å²) < 4.78 is 29.5. The Kier molecular flexibility index (Phi) is 3.83. The zero-order valence-corrected chi connectivity index (χ0v) is 13.2. The van der Waals surface area contributed by atoms with Gasteiger partial charge < -0.3 is 10.2 Å². The van der Waals surface area contributed by atoms with Crippen molar-refractivity contribution in [2.75, 3.05) is 17.3 Å². The Morgan fingerprint density at radius 1 is 1.12 bits per heavy atom. The van der Waals surface area contributed by atoms with Crippen molar-refractivity contribution in [2.24, 2.45) is 0 Å². The minimum atomic E-state index is -3.54. The lowest BCUT2D eigenvalue weighted by atomic mass is 9.81. The zero-order chi connectivity index (χ0) is 17.5. The van der Waals surface area contributed by atoms with Crippen LogP contribution >= 0.6 is 0 Å². The Hall–Kier alpha value is -2.76. The van der Waals surface area contributed by atoms with Crippen LogP contribution in [0.5, 0.6) is 0 Å². The number of fused-ring (bicyclic) bond motifs is 1. The van der Waals surface area contributed by atoms with E-state index in [0.717, 1.165) is 4.90 Å². The number of halogens is 2. The van der Waals surface area contributed by atoms with Crippen molar-refractivity contribution in [1.82, 2.24) is 0 Å². The Labute approximate surface area is 138 Å². The lowest BCUT2D eigenvalue weighted by molar-refractivity contribution is -0.145. The number of benzene rings is 2. The summed E-state index contributed by atoms with van der Waals surface area (Å²) in [5.41, 5.74) is 1.71. The van der Waals surface area contributed by atoms with E-state index in [1.54, 1.807) is 36.4 Å². The number of amides is 2. The third kappa shape index (κ3) is 2.54. The standard InChI is InChI=1S/C18H16F2N2O2/c1-11(23)21-13-9-7-12(8-10-13)16-14-5-3-4-6-15(14)22(2)17(24)18(16,19)20/h3-10,16H,1-2H3,(H,21,23). The van der Waals surface area contributed by atoms with Crippen molar-refractivity contribution >= 4 is 23.2 Å². The van der Waals surface area contributed by atoms with Crippen LogP contribution in [0.4, 0.5) is 20.2 Å². The fourth-order valence-electron chi connectivity index (χ4n) is 3.04. The molecule has 3 rings (SSSR count). The summed E-state index contributed by atoms with van der Waals surface area (Å²) >= 11 is 0. The second kappa shape index (κ2) is 5.70. The van der Waals surface area contributed by atoms with E-state index in [9.17, 15) is 18.4 Å². The number of hydrogen-bond acceptors (Lipinski definition) is 2. The van der Waals surface area contributed by atoms with Crippen LogP contribution in [-0.2, 0) is 9.59 Å². The lowest BCUT2D eigenvalue weighted by Crippen LogP contribution is -2.50. The van der Waals surface area contributed by atoms with Crippen molar-refractivity contribution in [3.8, 4) is 0 Å². The molecule has 0 saturated heterocycles. The molecule has 1 unspecified atom stereocenters. The molecule has 0 saturated carbocycles. The number of nitrogens with one attached hydrogen (secondary N) is 1. The summed E-state index contributed by atoms with van der Waals surface area (Å²) in [5, 5.41) is 2.59. The number of alkyl halides is 2. The SMILES string of the molecule is CC(=O)Nc1ccc(C2c3ccccc3N(C)C(=O)C2(F)F)cc1. The zero-order valence-electron chi connectivity index (χ0n) is 13.2. The topological polar surface area (TPSA) is 49.4 Å². The van der Waals surface area contributed by atoms with Gasteiger partial charge in [0.2, 0.25) is 5.91 Å². The normalized spacial score (nSPS) is 18.9. The maximum atomic E-state index is 14.7. The number of hydrogen-bond donors (Lipinski definition) is 1. The van der Waals surface area contributed by atoms with E-state index in [1.807, 2.05) is 0 Å². The van der Waals surface area contributed by atoms with E-state index in [4.69, 9.17) is 0 Å². The first-order valence-electron chi connectivity index (χ1n) is 7.45. The molecule has 1 heterocycles. The molecule has 1 aliphatic rings. The van der Waals surface area contributed by atoms with Gasteiger partial charge in [0.1, 0.15) is 0 Å². The molecular weight excluding hydrogens is 314 g/mol. The van der Waals surface area contributed by atoms with E-state index in [2.05, 4.69) is 5.32 Å². The number of anilines is 2. The summed E-state index contributed by atoms with van der Waals surface area (Å²) in [7, 11) is 1.35. The van der Waals surface area contributed by atoms with Gasteiger partial charge in [0.25, 0.3) is 5.91 Å². The van der Waals surface area contributed by atoms with E-state index < -0.39 is 17.7 Å². The maximum Gasteiger partial charge on any atom is 0.335 e. The highest BCUT2D eigenvalue weighted by Crippen LogP contribution is 2.47. The van der Waals surface area contributed by atoms with Crippen LogP contribution in [0.1, 0.15) is 24.0 Å². The van der Waals surface area contributed by atoms with E-state index in [1.165, 1.54) is 26.1 Å². The van der Waals surface area contributed by atoms with E-state index >= 15 is 0 Å². The number of nitrogens with zero attached hydrogens (tertiary/aromatic N) is 1. The maximum absolute atomic E-state index is 14.7. The first kappa shape index (κ1) is 16.1. The number of rotatable bonds is 2. The molecule has 0 spiro atoms. The Bertz CT molecular complexity index is 803. The largest absolute Gasteiger partial charge is 0.335 e. The van der Waals surface area contributed by atoms with E-state index in [0.29, 0.717) is 22.5 Å². The van der Waals surface area contributed by atoms with Crippen molar-refractivity contribution in [2.45, 2.75) is 18.8 Å². The monoisotopic (exact) mass is 330 g/mol. The van der Waals surface area contributed by atoms with Crippen LogP contribution in [0.25, 0.3) is 0 Å². The highest BCUT2D eigenvalue weighted by molar-refractivity contribution is 6.02. The van der Waals surface area contributed by atoms with Crippen molar-refractivity contribution in [3.05, 3.63) is 59.7 Å². The second-order valence-corrected chi connectivity index (χ2v) is 5.78. The Balaban J connectivity index is 2.09. The molecule has 1 atom stereocenters. The van der Waals surface area contributed by atoms with Crippen LogP contribution in [-0.4, -0.2) is 24.8 Å². The number of carbonyl (C=O) groups is 2. The fraction of sp³-hybridized carbons (Fsp3) is 0.222. The van der Waals surface area contributed by atoms with Gasteiger partial charge >= 0.3 is 5.92 Å². The molecule has 2 amide bonds. The third-order valence-electron chi connectivity index (χ3n) is 4.13. The minimum absolute atomic E-state index is 0.243. The highest BCUT2D eigenvalue weighted by atomic mass is 19.3. The molecule has 0 bridgehead atoms. The molecule has 0 radical (unpaired) electrons. The summed E-state index contributed by atoms with van der Waals surface area (Å²) in [4.78, 5) is 24.2. The predicted molar refractivity (Wildman–Crippen MR) is 87.4 cm³/mol. The fourth-order valence-corrected chi connectivity index (χ4v) is 3.04. The quantitative estimate of drug-likeness (QED) is 0.917. The lowest BCUT2D eigenvalue weighted by Gasteiger charge is -2.37. The predicted octanol–water partition coefficient (Wildman–Crippen LogP) is 3.39. The van der Waals surface area contributed by atoms with Gasteiger partial charge in [-0.05, 0) is 29.3 Å². The molecule has 0 aliphatic carbocycles. The third-order valence-corrected chi connectivity index (χ3v) is 4.13. The van der Waals surface area contributed by atoms with Crippen LogP contribution in [0.15, 0.2) is 48.5 Å². The van der Waals surface area contributed by atoms with Gasteiger partial charge in [-0.3, -0.25) is 9.59 Å². The van der Waals surface area contributed by atoms with Crippen LogP contribution in [0.3, 0.4) is 0 Å². The molecular formula is C18H16F2N2O2. The molecule has 2 aromatic rings. The molecule has 4 nitrogen and oxygen atoms in total. The van der Waals surface area contributed by atoms with Crippen LogP contribution in [0, 0.1) is 0 Å². The molecule has 1 aliphatic heterocycles. The van der Waals surface area contributed by atoms with Crippen molar-refractivity contribution in [1.29, 1.82) is 0 Å². The van der Waals surface area contributed by atoms with Gasteiger partial charge in [-0.2, -0.15) is 8.78 Å². The van der Waals surface area contributed by atoms with Gasteiger partial charge in [0.05, 0.1) is 5.92 Å². The molecule has 0 fully saturated rings. The van der Waals surface area contributed by atoms with Crippen LogP contribution < -0.4 is 10.2 Å². The molecule has 0 aromatic heterocycles. The summed E-state index contributed by atoms with van der Waals surface area (Å²) in [5.74, 6) is -6.37. The van der Waals surface area contributed by atoms with Gasteiger partial charge in [-0.15, -0.1) is 0 Å². The van der Waals surface area contributed by atoms with Crippen LogP contribution in [0.2, 0.25) is 0 Å². The summed E-state index contributed by atoms with van der Waals surface area (Å²) in [6, 6.07) is 12.8. The molecule has 24 heavy (non-hydrogen) atoms. The number of carbonyl (C=O) groups excluding carboxylic acids is 2. The van der Waals surface area contributed by atoms with Gasteiger partial charge in [-0.1, -0.05) is 30.3 Å². The van der Waals surface area contributed by atoms with E-state index in [-0.39, 0.29) is 5.91 Å². The summed E-state index contributed by atoms with van der Waals surface area (Å²) in [6.07, 6.45) is 0. The minimum Gasteiger partial charge on any atom is -0.326 e. The van der Waals surface area contributed by atoms with Gasteiger partial charge in [-0.25, -0.2) is 0 Å². The number of para-hydroxylation sites is 1. The first-order valence-corrected chi connectivity index (χ1v) is 7.45. The molecule has 1 N–H and O–H groups in total. The first-order chi connectivity index (χ1) is 11.3. The molecule has 6 heteroatoms. The molecule has 2 aromatic carbocycles. The van der Waals surface area contributed by atoms with Gasteiger partial charge in [0.15, 0.2) is 0 Å². The highest BCUT2D eigenvalue weighted by Gasteiger charge is 2.54. The smallest absolute Gasteiger partial charge is 0.326 e. The molecule has 124 valence electrons. The Morgan fingerprint density at radius 2 is 1.75 bits per heavy atom. The Morgan fingerprint density at radius 3 is 2.38 bits per heavy atom.